The fourth-order valence-corrected chi connectivity index (χ4v) is 2.67. The molecule has 0 radical (unpaired) electrons. The molecule has 0 saturated carbocycles. The molecule has 0 bridgehead atoms. The first-order valence-corrected chi connectivity index (χ1v) is 6.78. The summed E-state index contributed by atoms with van der Waals surface area (Å²) in [4.78, 5) is 13.3. The first-order valence-electron chi connectivity index (χ1n) is 6.78. The number of hydrogen-bond donors (Lipinski definition) is 1. The quantitative estimate of drug-likeness (QED) is 0.920. The van der Waals surface area contributed by atoms with E-state index in [2.05, 4.69) is 11.8 Å². The number of benzene rings is 1. The molecule has 110 valence electrons. The van der Waals surface area contributed by atoms with Crippen molar-refractivity contribution >= 4 is 5.97 Å². The van der Waals surface area contributed by atoms with Crippen LogP contribution < -0.4 is 0 Å². The molecule has 1 aliphatic rings. The first kappa shape index (κ1) is 14.9. The number of carboxylic acids is 1. The second-order valence-electron chi connectivity index (χ2n) is 5.38. The summed E-state index contributed by atoms with van der Waals surface area (Å²) in [5.41, 5.74) is 0.681. The highest BCUT2D eigenvalue weighted by Crippen LogP contribution is 2.22. The highest BCUT2D eigenvalue weighted by molar-refractivity contribution is 5.89. The second-order valence-corrected chi connectivity index (χ2v) is 5.38. The number of hydrogen-bond acceptors (Lipinski definition) is 3. The molecule has 2 rings (SSSR count). The average molecular weight is 281 g/mol. The largest absolute Gasteiger partial charge is 0.478 e. The van der Waals surface area contributed by atoms with E-state index in [1.165, 1.54) is 6.07 Å². The smallest absolute Gasteiger partial charge is 0.336 e. The van der Waals surface area contributed by atoms with Crippen LogP contribution in [0, 0.1) is 11.7 Å². The molecular formula is C15H20FNO3. The maximum absolute atomic E-state index is 13.2. The van der Waals surface area contributed by atoms with Crippen LogP contribution in [0.4, 0.5) is 4.39 Å². The Labute approximate surface area is 118 Å². The molecule has 5 heteroatoms. The molecule has 1 aromatic carbocycles. The van der Waals surface area contributed by atoms with E-state index < -0.39 is 11.8 Å². The summed E-state index contributed by atoms with van der Waals surface area (Å²) >= 11 is 0. The van der Waals surface area contributed by atoms with Gasteiger partial charge in [-0.25, -0.2) is 9.18 Å². The van der Waals surface area contributed by atoms with Crippen LogP contribution in [0.3, 0.4) is 0 Å². The standard InChI is InChI=1S/C15H20FNO3/c1-10-5-6-17(9-14(10)20-2)8-11-3-4-12(16)7-13(11)15(18)19/h3-4,7,10,14H,5-6,8-9H2,1-2H3,(H,18,19). The van der Waals surface area contributed by atoms with Gasteiger partial charge in [0.2, 0.25) is 0 Å². The van der Waals surface area contributed by atoms with Crippen molar-refractivity contribution in [2.45, 2.75) is 26.0 Å². The zero-order chi connectivity index (χ0) is 14.7. The van der Waals surface area contributed by atoms with E-state index in [1.807, 2.05) is 0 Å². The van der Waals surface area contributed by atoms with Gasteiger partial charge in [0.1, 0.15) is 5.82 Å². The Hall–Kier alpha value is -1.46. The predicted molar refractivity (Wildman–Crippen MR) is 73.2 cm³/mol. The van der Waals surface area contributed by atoms with Gasteiger partial charge in [-0.2, -0.15) is 0 Å². The molecule has 4 nitrogen and oxygen atoms in total. The minimum absolute atomic E-state index is 0.0394. The fourth-order valence-electron chi connectivity index (χ4n) is 2.67. The van der Waals surface area contributed by atoms with Crippen molar-refractivity contribution in [1.29, 1.82) is 0 Å². The molecule has 0 spiro atoms. The van der Waals surface area contributed by atoms with Gasteiger partial charge in [0.15, 0.2) is 0 Å². The lowest BCUT2D eigenvalue weighted by atomic mass is 9.95. The molecular weight excluding hydrogens is 261 g/mol. The van der Waals surface area contributed by atoms with E-state index in [-0.39, 0.29) is 11.7 Å². The maximum Gasteiger partial charge on any atom is 0.336 e. The molecule has 1 aromatic rings. The molecule has 1 fully saturated rings. The van der Waals surface area contributed by atoms with Crippen molar-refractivity contribution in [3.63, 3.8) is 0 Å². The zero-order valence-corrected chi connectivity index (χ0v) is 11.8. The van der Waals surface area contributed by atoms with E-state index in [1.54, 1.807) is 13.2 Å². The lowest BCUT2D eigenvalue weighted by Crippen LogP contribution is -2.43. The van der Waals surface area contributed by atoms with Gasteiger partial charge in [-0.15, -0.1) is 0 Å². The SMILES string of the molecule is COC1CN(Cc2ccc(F)cc2C(=O)O)CCC1C. The van der Waals surface area contributed by atoms with Crippen molar-refractivity contribution in [2.24, 2.45) is 5.92 Å². The van der Waals surface area contributed by atoms with Crippen molar-refractivity contribution in [2.75, 3.05) is 20.2 Å². The molecule has 2 atom stereocenters. The summed E-state index contributed by atoms with van der Waals surface area (Å²) in [7, 11) is 1.70. The number of likely N-dealkylation sites (tertiary alicyclic amines) is 1. The third kappa shape index (κ3) is 3.35. The molecule has 1 heterocycles. The third-order valence-electron chi connectivity index (χ3n) is 3.97. The van der Waals surface area contributed by atoms with Crippen LogP contribution in [0.25, 0.3) is 0 Å². The molecule has 1 N–H and O–H groups in total. The van der Waals surface area contributed by atoms with Crippen LogP contribution in [0.2, 0.25) is 0 Å². The lowest BCUT2D eigenvalue weighted by Gasteiger charge is -2.36. The summed E-state index contributed by atoms with van der Waals surface area (Å²) in [6.45, 7) is 4.34. The molecule has 0 aromatic heterocycles. The maximum atomic E-state index is 13.2. The Balaban J connectivity index is 2.12. The van der Waals surface area contributed by atoms with Gasteiger partial charge in [-0.05, 0) is 36.6 Å². The van der Waals surface area contributed by atoms with Crippen molar-refractivity contribution in [1.82, 2.24) is 4.90 Å². The van der Waals surface area contributed by atoms with Crippen LogP contribution in [-0.4, -0.2) is 42.3 Å². The number of aromatic carboxylic acids is 1. The Morgan fingerprint density at radius 1 is 1.55 bits per heavy atom. The first-order chi connectivity index (χ1) is 9.51. The number of piperidine rings is 1. The van der Waals surface area contributed by atoms with Gasteiger partial charge in [0, 0.05) is 20.2 Å². The van der Waals surface area contributed by atoms with Crippen LogP contribution in [-0.2, 0) is 11.3 Å². The molecule has 1 aliphatic heterocycles. The molecule has 2 unspecified atom stereocenters. The normalized spacial score (nSPS) is 23.8. The minimum atomic E-state index is -1.09. The van der Waals surface area contributed by atoms with E-state index in [9.17, 15) is 9.18 Å². The van der Waals surface area contributed by atoms with Gasteiger partial charge < -0.3 is 9.84 Å². The summed E-state index contributed by atoms with van der Waals surface area (Å²) in [5.74, 6) is -1.11. The lowest BCUT2D eigenvalue weighted by molar-refractivity contribution is -0.00753. The fraction of sp³-hybridized carbons (Fsp3) is 0.533. The monoisotopic (exact) mass is 281 g/mol. The van der Waals surface area contributed by atoms with Crippen LogP contribution in [0.5, 0.6) is 0 Å². The Morgan fingerprint density at radius 3 is 2.95 bits per heavy atom. The Kier molecular flexibility index (Phi) is 4.73. The van der Waals surface area contributed by atoms with Gasteiger partial charge >= 0.3 is 5.97 Å². The molecule has 0 aliphatic carbocycles. The van der Waals surface area contributed by atoms with Crippen LogP contribution >= 0.6 is 0 Å². The zero-order valence-electron chi connectivity index (χ0n) is 11.8. The van der Waals surface area contributed by atoms with E-state index in [4.69, 9.17) is 9.84 Å². The Bertz CT molecular complexity index is 492. The highest BCUT2D eigenvalue weighted by Gasteiger charge is 2.26. The van der Waals surface area contributed by atoms with Crippen LogP contribution in [0.1, 0.15) is 29.3 Å². The van der Waals surface area contributed by atoms with Gasteiger partial charge in [0.05, 0.1) is 11.7 Å². The summed E-state index contributed by atoms with van der Waals surface area (Å²) in [6, 6.07) is 3.94. The average Bonchev–Trinajstić information content (AvgIpc) is 2.42. The van der Waals surface area contributed by atoms with E-state index >= 15 is 0 Å². The number of nitrogens with zero attached hydrogens (tertiary/aromatic N) is 1. The Morgan fingerprint density at radius 2 is 2.30 bits per heavy atom. The van der Waals surface area contributed by atoms with E-state index in [0.717, 1.165) is 25.6 Å². The predicted octanol–water partition coefficient (Wildman–Crippen LogP) is 2.38. The number of halogens is 1. The topological polar surface area (TPSA) is 49.8 Å². The van der Waals surface area contributed by atoms with Crippen molar-refractivity contribution < 1.29 is 19.0 Å². The van der Waals surface area contributed by atoms with Crippen molar-refractivity contribution in [3.8, 4) is 0 Å². The van der Waals surface area contributed by atoms with E-state index in [0.29, 0.717) is 18.0 Å². The summed E-state index contributed by atoms with van der Waals surface area (Å²) in [5, 5.41) is 9.15. The summed E-state index contributed by atoms with van der Waals surface area (Å²) in [6.07, 6.45) is 1.18. The number of carboxylic acid groups (broad SMARTS) is 1. The van der Waals surface area contributed by atoms with Crippen LogP contribution in [0.15, 0.2) is 18.2 Å². The van der Waals surface area contributed by atoms with Gasteiger partial charge in [0.25, 0.3) is 0 Å². The van der Waals surface area contributed by atoms with Crippen molar-refractivity contribution in [3.05, 3.63) is 35.1 Å². The van der Waals surface area contributed by atoms with Gasteiger partial charge in [-0.3, -0.25) is 4.90 Å². The summed E-state index contributed by atoms with van der Waals surface area (Å²) < 4.78 is 18.6. The number of ether oxygens (including phenoxy) is 1. The number of rotatable bonds is 4. The highest BCUT2D eigenvalue weighted by atomic mass is 19.1. The third-order valence-corrected chi connectivity index (χ3v) is 3.97. The molecule has 1 saturated heterocycles. The second kappa shape index (κ2) is 6.33. The molecule has 0 amide bonds. The number of methoxy groups -OCH3 is 1. The van der Waals surface area contributed by atoms with Gasteiger partial charge in [-0.1, -0.05) is 13.0 Å². The number of carbonyl (C=O) groups is 1. The molecule has 20 heavy (non-hydrogen) atoms. The minimum Gasteiger partial charge on any atom is -0.478 e.